The van der Waals surface area contributed by atoms with Crippen molar-refractivity contribution in [1.82, 2.24) is 19.6 Å². The summed E-state index contributed by atoms with van der Waals surface area (Å²) in [6.07, 6.45) is 3.33. The summed E-state index contributed by atoms with van der Waals surface area (Å²) < 4.78 is 2.65. The monoisotopic (exact) mass is 366 g/mol. The van der Waals surface area contributed by atoms with Crippen LogP contribution < -0.4 is 15.8 Å². The minimum atomic E-state index is -0.349. The van der Waals surface area contributed by atoms with Gasteiger partial charge in [-0.05, 0) is 50.2 Å². The molecule has 0 saturated carbocycles. The molecule has 2 aromatic heterocycles. The summed E-state index contributed by atoms with van der Waals surface area (Å²) in [7, 11) is 0. The van der Waals surface area contributed by atoms with E-state index in [0.29, 0.717) is 11.5 Å². The summed E-state index contributed by atoms with van der Waals surface area (Å²) in [5, 5.41) is 11.1. The third-order valence-electron chi connectivity index (χ3n) is 4.16. The summed E-state index contributed by atoms with van der Waals surface area (Å²) in [6.45, 7) is 5.86. The Labute approximate surface area is 157 Å². The SMILES string of the molecule is CCN(CC)c1ccc(NC(=O)Cn2nc(-n3cccn3)ccc2=O)cc1. The standard InChI is InChI=1S/C19H22N6O2/c1-3-23(4-2)16-8-6-15(7-9-16)21-18(26)14-25-19(27)11-10-17(22-25)24-13-5-12-20-24/h5-13H,3-4,14H2,1-2H3,(H,21,26). The molecule has 0 atom stereocenters. The molecule has 0 aliphatic carbocycles. The summed E-state index contributed by atoms with van der Waals surface area (Å²) in [5.41, 5.74) is 1.42. The van der Waals surface area contributed by atoms with E-state index in [4.69, 9.17) is 0 Å². The van der Waals surface area contributed by atoms with E-state index in [-0.39, 0.29) is 18.0 Å². The molecule has 2 heterocycles. The molecule has 0 bridgehead atoms. The number of anilines is 2. The molecule has 3 aromatic rings. The Morgan fingerprint density at radius 3 is 2.48 bits per heavy atom. The van der Waals surface area contributed by atoms with E-state index in [1.54, 1.807) is 24.5 Å². The Hall–Kier alpha value is -3.42. The van der Waals surface area contributed by atoms with Gasteiger partial charge in [0.05, 0.1) is 0 Å². The Kier molecular flexibility index (Phi) is 5.65. The van der Waals surface area contributed by atoms with Gasteiger partial charge < -0.3 is 10.2 Å². The first-order valence-corrected chi connectivity index (χ1v) is 8.83. The highest BCUT2D eigenvalue weighted by atomic mass is 16.2. The van der Waals surface area contributed by atoms with Crippen molar-refractivity contribution in [1.29, 1.82) is 0 Å². The van der Waals surface area contributed by atoms with Crippen LogP contribution in [0.3, 0.4) is 0 Å². The van der Waals surface area contributed by atoms with Crippen LogP contribution in [0, 0.1) is 0 Å². The molecule has 0 unspecified atom stereocenters. The number of nitrogens with zero attached hydrogens (tertiary/aromatic N) is 5. The fourth-order valence-corrected chi connectivity index (χ4v) is 2.76. The fraction of sp³-hybridized carbons (Fsp3) is 0.263. The molecule has 8 heteroatoms. The van der Waals surface area contributed by atoms with Crippen molar-refractivity contribution >= 4 is 17.3 Å². The third kappa shape index (κ3) is 4.41. The van der Waals surface area contributed by atoms with Crippen molar-refractivity contribution in [3.63, 3.8) is 0 Å². The molecule has 0 aliphatic rings. The van der Waals surface area contributed by atoms with Crippen LogP contribution in [0.4, 0.5) is 11.4 Å². The largest absolute Gasteiger partial charge is 0.372 e. The van der Waals surface area contributed by atoms with Crippen LogP contribution in [0.5, 0.6) is 0 Å². The topological polar surface area (TPSA) is 85.1 Å². The van der Waals surface area contributed by atoms with Crippen LogP contribution in [0.2, 0.25) is 0 Å². The number of benzene rings is 1. The molecular formula is C19H22N6O2. The Bertz CT molecular complexity index is 943. The molecule has 1 aromatic carbocycles. The molecule has 0 spiro atoms. The van der Waals surface area contributed by atoms with Gasteiger partial charge in [-0.2, -0.15) is 5.10 Å². The minimum Gasteiger partial charge on any atom is -0.372 e. The Balaban J connectivity index is 1.69. The van der Waals surface area contributed by atoms with E-state index in [0.717, 1.165) is 23.5 Å². The second-order valence-electron chi connectivity index (χ2n) is 5.91. The zero-order valence-corrected chi connectivity index (χ0v) is 15.4. The van der Waals surface area contributed by atoms with Gasteiger partial charge >= 0.3 is 0 Å². The average Bonchev–Trinajstić information content (AvgIpc) is 3.20. The van der Waals surface area contributed by atoms with Gasteiger partial charge in [0.25, 0.3) is 5.56 Å². The maximum atomic E-state index is 12.3. The molecule has 140 valence electrons. The first kappa shape index (κ1) is 18.4. The number of aromatic nitrogens is 4. The van der Waals surface area contributed by atoms with E-state index < -0.39 is 0 Å². The predicted molar refractivity (Wildman–Crippen MR) is 104 cm³/mol. The first-order chi connectivity index (χ1) is 13.1. The average molecular weight is 366 g/mol. The maximum Gasteiger partial charge on any atom is 0.267 e. The van der Waals surface area contributed by atoms with Crippen molar-refractivity contribution < 1.29 is 4.79 Å². The Morgan fingerprint density at radius 2 is 1.85 bits per heavy atom. The Morgan fingerprint density at radius 1 is 1.11 bits per heavy atom. The van der Waals surface area contributed by atoms with E-state index in [1.807, 2.05) is 24.3 Å². The number of nitrogens with one attached hydrogen (secondary N) is 1. The van der Waals surface area contributed by atoms with Crippen LogP contribution >= 0.6 is 0 Å². The van der Waals surface area contributed by atoms with Crippen molar-refractivity contribution in [2.45, 2.75) is 20.4 Å². The van der Waals surface area contributed by atoms with Gasteiger partial charge in [0.2, 0.25) is 5.91 Å². The molecule has 0 fully saturated rings. The lowest BCUT2D eigenvalue weighted by Crippen LogP contribution is -2.30. The number of rotatable bonds is 7. The van der Waals surface area contributed by atoms with Crippen LogP contribution in [0.25, 0.3) is 5.82 Å². The van der Waals surface area contributed by atoms with Crippen molar-refractivity contribution in [3.05, 3.63) is 65.2 Å². The van der Waals surface area contributed by atoms with E-state index in [9.17, 15) is 9.59 Å². The molecule has 0 radical (unpaired) electrons. The molecule has 1 amide bonds. The highest BCUT2D eigenvalue weighted by molar-refractivity contribution is 5.90. The first-order valence-electron chi connectivity index (χ1n) is 8.83. The van der Waals surface area contributed by atoms with Gasteiger partial charge in [0.1, 0.15) is 6.54 Å². The predicted octanol–water partition coefficient (Wildman–Crippen LogP) is 1.91. The van der Waals surface area contributed by atoms with Crippen LogP contribution in [0.15, 0.2) is 59.7 Å². The van der Waals surface area contributed by atoms with E-state index >= 15 is 0 Å². The van der Waals surface area contributed by atoms with Gasteiger partial charge in [-0.1, -0.05) is 0 Å². The molecule has 8 nitrogen and oxygen atoms in total. The third-order valence-corrected chi connectivity index (χ3v) is 4.16. The summed E-state index contributed by atoms with van der Waals surface area (Å²) in [5.74, 6) is 0.147. The quantitative estimate of drug-likeness (QED) is 0.690. The van der Waals surface area contributed by atoms with Crippen molar-refractivity contribution in [2.24, 2.45) is 0 Å². The molecule has 0 saturated heterocycles. The van der Waals surface area contributed by atoms with Gasteiger partial charge in [0, 0.05) is 42.9 Å². The van der Waals surface area contributed by atoms with E-state index in [1.165, 1.54) is 10.7 Å². The van der Waals surface area contributed by atoms with Crippen LogP contribution in [0.1, 0.15) is 13.8 Å². The smallest absolute Gasteiger partial charge is 0.267 e. The number of carbonyl (C=O) groups excluding carboxylic acids is 1. The number of carbonyl (C=O) groups is 1. The van der Waals surface area contributed by atoms with Gasteiger partial charge in [-0.3, -0.25) is 9.59 Å². The zero-order chi connectivity index (χ0) is 19.2. The number of hydrogen-bond donors (Lipinski definition) is 1. The lowest BCUT2D eigenvalue weighted by Gasteiger charge is -2.21. The van der Waals surface area contributed by atoms with Gasteiger partial charge in [-0.15, -0.1) is 5.10 Å². The van der Waals surface area contributed by atoms with Crippen LogP contribution in [-0.4, -0.2) is 38.6 Å². The number of amides is 1. The van der Waals surface area contributed by atoms with Crippen molar-refractivity contribution in [2.75, 3.05) is 23.3 Å². The minimum absolute atomic E-state index is 0.175. The molecule has 1 N–H and O–H groups in total. The highest BCUT2D eigenvalue weighted by Gasteiger charge is 2.09. The lowest BCUT2D eigenvalue weighted by molar-refractivity contribution is -0.117. The second kappa shape index (κ2) is 8.31. The van der Waals surface area contributed by atoms with Crippen molar-refractivity contribution in [3.8, 4) is 5.82 Å². The van der Waals surface area contributed by atoms with E-state index in [2.05, 4.69) is 34.3 Å². The second-order valence-corrected chi connectivity index (χ2v) is 5.91. The molecule has 0 aliphatic heterocycles. The molecule has 3 rings (SSSR count). The highest BCUT2D eigenvalue weighted by Crippen LogP contribution is 2.17. The molecule has 27 heavy (non-hydrogen) atoms. The lowest BCUT2D eigenvalue weighted by atomic mass is 10.2. The normalized spacial score (nSPS) is 10.6. The summed E-state index contributed by atoms with van der Waals surface area (Å²) in [6, 6.07) is 12.3. The van der Waals surface area contributed by atoms with Gasteiger partial charge in [-0.25, -0.2) is 9.36 Å². The summed E-state index contributed by atoms with van der Waals surface area (Å²) >= 11 is 0. The van der Waals surface area contributed by atoms with Crippen LogP contribution in [-0.2, 0) is 11.3 Å². The fourth-order valence-electron chi connectivity index (χ4n) is 2.76. The molecular weight excluding hydrogens is 344 g/mol. The summed E-state index contributed by atoms with van der Waals surface area (Å²) in [4.78, 5) is 26.5. The zero-order valence-electron chi connectivity index (χ0n) is 15.4. The number of hydrogen-bond acceptors (Lipinski definition) is 5. The van der Waals surface area contributed by atoms with Gasteiger partial charge in [0.15, 0.2) is 5.82 Å². The maximum absolute atomic E-state index is 12.3.